The number of phenols is 1. The van der Waals surface area contributed by atoms with E-state index in [2.05, 4.69) is 19.9 Å². The third-order valence-corrected chi connectivity index (χ3v) is 5.01. The van der Waals surface area contributed by atoms with Crippen molar-refractivity contribution in [3.05, 3.63) is 47.6 Å². The molecule has 1 aliphatic carbocycles. The Morgan fingerprint density at radius 3 is 2.92 bits per heavy atom. The number of rotatable bonds is 3. The van der Waals surface area contributed by atoms with Crippen LogP contribution in [0.4, 0.5) is 0 Å². The number of hydrogen-bond acceptors (Lipinski definition) is 3. The lowest BCUT2D eigenvalue weighted by Gasteiger charge is -2.35. The van der Waals surface area contributed by atoms with E-state index in [1.165, 1.54) is 11.6 Å². The van der Waals surface area contributed by atoms with Crippen molar-refractivity contribution >= 4 is 12.0 Å². The average Bonchev–Trinajstić information content (AvgIpc) is 3.03. The molecule has 0 saturated carbocycles. The highest BCUT2D eigenvalue weighted by Crippen LogP contribution is 2.35. The van der Waals surface area contributed by atoms with Crippen molar-refractivity contribution < 1.29 is 14.6 Å². The summed E-state index contributed by atoms with van der Waals surface area (Å²) in [6.07, 6.45) is 7.49. The van der Waals surface area contributed by atoms with Crippen LogP contribution in [-0.2, 0) is 9.53 Å². The van der Waals surface area contributed by atoms with Crippen LogP contribution in [0.1, 0.15) is 32.3 Å². The van der Waals surface area contributed by atoms with Gasteiger partial charge in [0.05, 0.1) is 6.61 Å². The molecular formula is C20H25NO3. The summed E-state index contributed by atoms with van der Waals surface area (Å²) < 4.78 is 5.90. The molecule has 1 aromatic rings. The average molecular weight is 327 g/mol. The molecule has 4 nitrogen and oxygen atoms in total. The number of carbonyl (C=O) groups is 1. The zero-order chi connectivity index (χ0) is 17.1. The van der Waals surface area contributed by atoms with Crippen LogP contribution in [0.2, 0.25) is 0 Å². The summed E-state index contributed by atoms with van der Waals surface area (Å²) >= 11 is 0. The van der Waals surface area contributed by atoms with E-state index in [9.17, 15) is 9.90 Å². The predicted octanol–water partition coefficient (Wildman–Crippen LogP) is 3.58. The van der Waals surface area contributed by atoms with Crippen LogP contribution in [0.5, 0.6) is 5.75 Å². The molecule has 2 aliphatic rings. The lowest BCUT2D eigenvalue weighted by molar-refractivity contribution is -0.134. The molecule has 4 heteroatoms. The summed E-state index contributed by atoms with van der Waals surface area (Å²) in [6.45, 7) is 5.59. The first-order valence-electron chi connectivity index (χ1n) is 8.62. The number of amides is 1. The van der Waals surface area contributed by atoms with Crippen LogP contribution in [0.15, 0.2) is 42.0 Å². The van der Waals surface area contributed by atoms with Gasteiger partial charge in [-0.3, -0.25) is 4.79 Å². The first-order valence-corrected chi connectivity index (χ1v) is 8.62. The fourth-order valence-corrected chi connectivity index (χ4v) is 3.68. The molecular weight excluding hydrogens is 302 g/mol. The van der Waals surface area contributed by atoms with E-state index in [0.717, 1.165) is 12.8 Å². The number of nitrogens with zero attached hydrogens (tertiary/aromatic N) is 1. The standard InChI is InChI=1S/C20H25NO3/c1-14-7-9-17(15(2)13-14)20-21(11-12-24-20)19(23)10-8-16-5-3-4-6-18(16)22/h3-6,8,10,13,15,17,20,22H,7,9,11-12H2,1-2H3. The van der Waals surface area contributed by atoms with Crippen molar-refractivity contribution in [3.8, 4) is 5.75 Å². The van der Waals surface area contributed by atoms with E-state index in [1.54, 1.807) is 24.3 Å². The van der Waals surface area contributed by atoms with Crippen LogP contribution in [0.25, 0.3) is 6.08 Å². The summed E-state index contributed by atoms with van der Waals surface area (Å²) in [6, 6.07) is 7.00. The first kappa shape index (κ1) is 16.8. The number of para-hydroxylation sites is 1. The molecule has 1 aromatic carbocycles. The SMILES string of the molecule is CC1=CC(C)C(C2OCCN2C(=O)C=Cc2ccccc2O)CC1. The maximum Gasteiger partial charge on any atom is 0.248 e. The van der Waals surface area contributed by atoms with Gasteiger partial charge in [-0.1, -0.05) is 36.8 Å². The third kappa shape index (κ3) is 3.54. The molecule has 1 heterocycles. The highest BCUT2D eigenvalue weighted by molar-refractivity contribution is 5.92. The van der Waals surface area contributed by atoms with Gasteiger partial charge in [-0.2, -0.15) is 0 Å². The Hall–Kier alpha value is -2.07. The Morgan fingerprint density at radius 1 is 1.38 bits per heavy atom. The van der Waals surface area contributed by atoms with Crippen LogP contribution in [0, 0.1) is 11.8 Å². The lowest BCUT2D eigenvalue weighted by atomic mass is 9.80. The summed E-state index contributed by atoms with van der Waals surface area (Å²) in [7, 11) is 0. The molecule has 0 aromatic heterocycles. The Labute approximate surface area is 143 Å². The van der Waals surface area contributed by atoms with Gasteiger partial charge in [0.1, 0.15) is 12.0 Å². The van der Waals surface area contributed by atoms with Gasteiger partial charge in [-0.15, -0.1) is 0 Å². The highest BCUT2D eigenvalue weighted by atomic mass is 16.5. The Morgan fingerprint density at radius 2 is 2.17 bits per heavy atom. The molecule has 3 rings (SSSR count). The van der Waals surface area contributed by atoms with E-state index < -0.39 is 0 Å². The van der Waals surface area contributed by atoms with Crippen molar-refractivity contribution in [2.45, 2.75) is 32.9 Å². The van der Waals surface area contributed by atoms with E-state index in [-0.39, 0.29) is 17.9 Å². The zero-order valence-corrected chi connectivity index (χ0v) is 14.3. The number of phenolic OH excluding ortho intramolecular Hbond substituents is 1. The summed E-state index contributed by atoms with van der Waals surface area (Å²) in [5.74, 6) is 0.884. The maximum absolute atomic E-state index is 12.6. The molecule has 1 amide bonds. The number of hydrogen-bond donors (Lipinski definition) is 1. The van der Waals surface area contributed by atoms with Crippen molar-refractivity contribution in [2.75, 3.05) is 13.2 Å². The van der Waals surface area contributed by atoms with Crippen LogP contribution in [0.3, 0.4) is 0 Å². The summed E-state index contributed by atoms with van der Waals surface area (Å²) in [5, 5.41) is 9.80. The molecule has 24 heavy (non-hydrogen) atoms. The smallest absolute Gasteiger partial charge is 0.248 e. The van der Waals surface area contributed by atoms with E-state index in [4.69, 9.17) is 4.74 Å². The highest BCUT2D eigenvalue weighted by Gasteiger charge is 2.38. The van der Waals surface area contributed by atoms with Gasteiger partial charge in [0.15, 0.2) is 0 Å². The van der Waals surface area contributed by atoms with Crippen LogP contribution < -0.4 is 0 Å². The number of ether oxygens (including phenoxy) is 1. The minimum absolute atomic E-state index is 0.0563. The van der Waals surface area contributed by atoms with Gasteiger partial charge in [0, 0.05) is 24.1 Å². The first-order chi connectivity index (χ1) is 11.6. The summed E-state index contributed by atoms with van der Waals surface area (Å²) in [4.78, 5) is 14.4. The number of allylic oxidation sites excluding steroid dienone is 2. The van der Waals surface area contributed by atoms with Gasteiger partial charge in [0.25, 0.3) is 0 Å². The third-order valence-electron chi connectivity index (χ3n) is 5.01. The molecule has 1 saturated heterocycles. The number of carbonyl (C=O) groups excluding carboxylic acids is 1. The normalized spacial score (nSPS) is 27.5. The molecule has 0 spiro atoms. The second-order valence-electron chi connectivity index (χ2n) is 6.76. The minimum atomic E-state index is -0.147. The maximum atomic E-state index is 12.6. The molecule has 0 radical (unpaired) electrons. The Balaban J connectivity index is 1.71. The van der Waals surface area contributed by atoms with Crippen molar-refractivity contribution in [1.82, 2.24) is 4.90 Å². The fraction of sp³-hybridized carbons (Fsp3) is 0.450. The summed E-state index contributed by atoms with van der Waals surface area (Å²) in [5.41, 5.74) is 2.07. The Kier molecular flexibility index (Phi) is 5.05. The van der Waals surface area contributed by atoms with Gasteiger partial charge in [0.2, 0.25) is 5.91 Å². The van der Waals surface area contributed by atoms with Crippen molar-refractivity contribution in [1.29, 1.82) is 0 Å². The molecule has 3 unspecified atom stereocenters. The molecule has 1 aliphatic heterocycles. The molecule has 128 valence electrons. The fourth-order valence-electron chi connectivity index (χ4n) is 3.68. The lowest BCUT2D eigenvalue weighted by Crippen LogP contribution is -2.42. The monoisotopic (exact) mass is 327 g/mol. The van der Waals surface area contributed by atoms with Gasteiger partial charge in [-0.05, 0) is 37.8 Å². The van der Waals surface area contributed by atoms with E-state index in [1.807, 2.05) is 11.0 Å². The predicted molar refractivity (Wildman–Crippen MR) is 94.2 cm³/mol. The molecule has 3 atom stereocenters. The van der Waals surface area contributed by atoms with Gasteiger partial charge >= 0.3 is 0 Å². The number of benzene rings is 1. The molecule has 1 fully saturated rings. The van der Waals surface area contributed by atoms with Gasteiger partial charge in [-0.25, -0.2) is 0 Å². The quantitative estimate of drug-likeness (QED) is 0.682. The van der Waals surface area contributed by atoms with Crippen LogP contribution >= 0.6 is 0 Å². The minimum Gasteiger partial charge on any atom is -0.507 e. The van der Waals surface area contributed by atoms with Crippen molar-refractivity contribution in [2.24, 2.45) is 11.8 Å². The Bertz CT molecular complexity index is 665. The molecule has 0 bridgehead atoms. The number of aromatic hydroxyl groups is 1. The second kappa shape index (κ2) is 7.22. The van der Waals surface area contributed by atoms with Gasteiger partial charge < -0.3 is 14.7 Å². The molecule has 1 N–H and O–H groups in total. The topological polar surface area (TPSA) is 49.8 Å². The van der Waals surface area contributed by atoms with E-state index >= 15 is 0 Å². The largest absolute Gasteiger partial charge is 0.507 e. The van der Waals surface area contributed by atoms with Crippen LogP contribution in [-0.4, -0.2) is 35.3 Å². The van der Waals surface area contributed by atoms with Crippen molar-refractivity contribution in [3.63, 3.8) is 0 Å². The zero-order valence-electron chi connectivity index (χ0n) is 14.3. The second-order valence-corrected chi connectivity index (χ2v) is 6.76. The van der Waals surface area contributed by atoms with E-state index in [0.29, 0.717) is 30.6 Å².